The van der Waals surface area contributed by atoms with E-state index < -0.39 is 9.84 Å². The summed E-state index contributed by atoms with van der Waals surface area (Å²) >= 11 is 0. The number of aromatic nitrogens is 4. The maximum absolute atomic E-state index is 11.0. The Morgan fingerprint density at radius 2 is 2.18 bits per heavy atom. The molecule has 0 amide bonds. The van der Waals surface area contributed by atoms with Gasteiger partial charge < -0.3 is 5.32 Å². The molecule has 1 rings (SSSR count). The van der Waals surface area contributed by atoms with Gasteiger partial charge in [-0.1, -0.05) is 6.92 Å². The van der Waals surface area contributed by atoms with E-state index in [0.29, 0.717) is 19.5 Å². The van der Waals surface area contributed by atoms with E-state index in [1.165, 1.54) is 6.26 Å². The molecule has 0 saturated heterocycles. The second-order valence-corrected chi connectivity index (χ2v) is 6.24. The van der Waals surface area contributed by atoms with E-state index in [-0.39, 0.29) is 5.75 Å². The van der Waals surface area contributed by atoms with Crippen LogP contribution in [0.4, 0.5) is 0 Å². The molecule has 1 N–H and O–H groups in total. The summed E-state index contributed by atoms with van der Waals surface area (Å²) in [6.07, 6.45) is 2.82. The molecule has 0 aliphatic heterocycles. The number of hydrogen-bond donors (Lipinski definition) is 1. The third kappa shape index (κ3) is 5.73. The van der Waals surface area contributed by atoms with Crippen molar-refractivity contribution in [3.63, 3.8) is 0 Å². The lowest BCUT2D eigenvalue weighted by Gasteiger charge is -2.04. The number of nitrogens with zero attached hydrogens (tertiary/aromatic N) is 4. The van der Waals surface area contributed by atoms with Crippen molar-refractivity contribution in [3.05, 3.63) is 5.82 Å². The molecule has 1 aromatic heterocycles. The van der Waals surface area contributed by atoms with Crippen LogP contribution in [0, 0.1) is 0 Å². The molecule has 0 aliphatic carbocycles. The summed E-state index contributed by atoms with van der Waals surface area (Å²) in [5.74, 6) is 0.904. The predicted octanol–water partition coefficient (Wildman–Crippen LogP) is -0.393. The zero-order chi connectivity index (χ0) is 12.7. The molecular formula is C9H19N5O2S. The summed E-state index contributed by atoms with van der Waals surface area (Å²) in [4.78, 5) is 0. The van der Waals surface area contributed by atoms with E-state index in [4.69, 9.17) is 0 Å². The van der Waals surface area contributed by atoms with Crippen LogP contribution in [0.15, 0.2) is 0 Å². The summed E-state index contributed by atoms with van der Waals surface area (Å²) in [5, 5.41) is 14.5. The zero-order valence-corrected chi connectivity index (χ0v) is 11.1. The lowest BCUT2D eigenvalue weighted by molar-refractivity contribution is 0.529. The summed E-state index contributed by atoms with van der Waals surface area (Å²) in [7, 11) is -2.91. The molecule has 0 bridgehead atoms. The first kappa shape index (κ1) is 14.0. The number of aryl methyl sites for hydroxylation is 1. The molecule has 0 spiro atoms. The Labute approximate surface area is 102 Å². The second kappa shape index (κ2) is 6.65. The van der Waals surface area contributed by atoms with Gasteiger partial charge in [0.15, 0.2) is 5.82 Å². The molecule has 0 saturated carbocycles. The van der Waals surface area contributed by atoms with Crippen molar-refractivity contribution in [1.82, 2.24) is 25.5 Å². The normalized spacial score (nSPS) is 11.9. The van der Waals surface area contributed by atoms with Crippen LogP contribution >= 0.6 is 0 Å². The Bertz CT molecular complexity index is 428. The maximum atomic E-state index is 11.0. The molecule has 1 heterocycles. The topological polar surface area (TPSA) is 89.8 Å². The van der Waals surface area contributed by atoms with Gasteiger partial charge in [0.1, 0.15) is 9.84 Å². The van der Waals surface area contributed by atoms with Gasteiger partial charge >= 0.3 is 0 Å². The van der Waals surface area contributed by atoms with E-state index >= 15 is 0 Å². The Hall–Kier alpha value is -1.02. The van der Waals surface area contributed by atoms with Crippen LogP contribution in [0.5, 0.6) is 0 Å². The quantitative estimate of drug-likeness (QED) is 0.641. The van der Waals surface area contributed by atoms with Gasteiger partial charge in [-0.15, -0.1) is 5.10 Å². The van der Waals surface area contributed by atoms with Gasteiger partial charge in [0.25, 0.3) is 0 Å². The minimum Gasteiger partial charge on any atom is -0.310 e. The highest BCUT2D eigenvalue weighted by atomic mass is 32.2. The van der Waals surface area contributed by atoms with Gasteiger partial charge in [-0.3, -0.25) is 0 Å². The van der Waals surface area contributed by atoms with Crippen LogP contribution in [0.3, 0.4) is 0 Å². The number of nitrogens with one attached hydrogen (secondary N) is 1. The fourth-order valence-corrected chi connectivity index (χ4v) is 2.03. The van der Waals surface area contributed by atoms with Crippen LogP contribution in [0.25, 0.3) is 0 Å². The second-order valence-electron chi connectivity index (χ2n) is 3.98. The Morgan fingerprint density at radius 1 is 1.41 bits per heavy atom. The van der Waals surface area contributed by atoms with Crippen LogP contribution < -0.4 is 5.32 Å². The summed E-state index contributed by atoms with van der Waals surface area (Å²) in [5.41, 5.74) is 0. The molecule has 8 heteroatoms. The van der Waals surface area contributed by atoms with Crippen molar-refractivity contribution in [1.29, 1.82) is 0 Å². The molecule has 7 nitrogen and oxygen atoms in total. The van der Waals surface area contributed by atoms with E-state index in [1.54, 1.807) is 4.68 Å². The van der Waals surface area contributed by atoms with E-state index in [9.17, 15) is 8.42 Å². The highest BCUT2D eigenvalue weighted by molar-refractivity contribution is 7.90. The Morgan fingerprint density at radius 3 is 2.82 bits per heavy atom. The third-order valence-electron chi connectivity index (χ3n) is 2.20. The molecule has 0 unspecified atom stereocenters. The summed E-state index contributed by atoms with van der Waals surface area (Å²) < 4.78 is 23.6. The smallest absolute Gasteiger partial charge is 0.165 e. The highest BCUT2D eigenvalue weighted by Crippen LogP contribution is 1.97. The first-order valence-electron chi connectivity index (χ1n) is 5.66. The maximum Gasteiger partial charge on any atom is 0.165 e. The van der Waals surface area contributed by atoms with E-state index in [2.05, 4.69) is 27.8 Å². The van der Waals surface area contributed by atoms with Crippen LogP contribution in [0.2, 0.25) is 0 Å². The number of sulfone groups is 1. The standard InChI is InChI=1S/C9H19N5O2S/c1-3-5-10-8-9-11-12-13-14(9)6-4-7-17(2,15)16/h10H,3-8H2,1-2H3. The fourth-order valence-electron chi connectivity index (χ4n) is 1.38. The zero-order valence-electron chi connectivity index (χ0n) is 10.3. The van der Waals surface area contributed by atoms with E-state index in [0.717, 1.165) is 18.8 Å². The Balaban J connectivity index is 2.40. The first-order valence-corrected chi connectivity index (χ1v) is 7.72. The number of rotatable bonds is 8. The highest BCUT2D eigenvalue weighted by Gasteiger charge is 2.07. The van der Waals surface area contributed by atoms with Crippen molar-refractivity contribution in [3.8, 4) is 0 Å². The van der Waals surface area contributed by atoms with Gasteiger partial charge in [0, 0.05) is 12.8 Å². The van der Waals surface area contributed by atoms with Gasteiger partial charge in [-0.05, 0) is 29.8 Å². The van der Waals surface area contributed by atoms with Crippen LogP contribution in [-0.4, -0.2) is 47.2 Å². The van der Waals surface area contributed by atoms with Crippen molar-refractivity contribution >= 4 is 9.84 Å². The lowest BCUT2D eigenvalue weighted by Crippen LogP contribution is -2.19. The fraction of sp³-hybridized carbons (Fsp3) is 0.889. The predicted molar refractivity (Wildman–Crippen MR) is 64.1 cm³/mol. The van der Waals surface area contributed by atoms with E-state index in [1.807, 2.05) is 0 Å². The van der Waals surface area contributed by atoms with Gasteiger partial charge in [-0.25, -0.2) is 13.1 Å². The average molecular weight is 261 g/mol. The lowest BCUT2D eigenvalue weighted by atomic mass is 10.4. The summed E-state index contributed by atoms with van der Waals surface area (Å²) in [6, 6.07) is 0. The third-order valence-corrected chi connectivity index (χ3v) is 3.23. The van der Waals surface area contributed by atoms with Crippen LogP contribution in [-0.2, 0) is 22.9 Å². The molecule has 0 radical (unpaired) electrons. The first-order chi connectivity index (χ1) is 8.03. The monoisotopic (exact) mass is 261 g/mol. The molecule has 0 aromatic carbocycles. The molecule has 98 valence electrons. The van der Waals surface area contributed by atoms with Crippen molar-refractivity contribution in [2.75, 3.05) is 18.6 Å². The minimum atomic E-state index is -2.91. The number of tetrazole rings is 1. The van der Waals surface area contributed by atoms with Gasteiger partial charge in [0.05, 0.1) is 12.3 Å². The van der Waals surface area contributed by atoms with Crippen molar-refractivity contribution < 1.29 is 8.42 Å². The van der Waals surface area contributed by atoms with Gasteiger partial charge in [0.2, 0.25) is 0 Å². The van der Waals surface area contributed by atoms with Crippen LogP contribution in [0.1, 0.15) is 25.6 Å². The number of hydrogen-bond acceptors (Lipinski definition) is 6. The average Bonchev–Trinajstić information content (AvgIpc) is 2.64. The SMILES string of the molecule is CCCNCc1nnnn1CCCS(C)(=O)=O. The Kier molecular flexibility index (Phi) is 5.49. The van der Waals surface area contributed by atoms with Crippen molar-refractivity contribution in [2.24, 2.45) is 0 Å². The van der Waals surface area contributed by atoms with Gasteiger partial charge in [-0.2, -0.15) is 0 Å². The minimum absolute atomic E-state index is 0.161. The van der Waals surface area contributed by atoms with Crippen molar-refractivity contribution in [2.45, 2.75) is 32.9 Å². The largest absolute Gasteiger partial charge is 0.310 e. The molecule has 0 aliphatic rings. The molecule has 1 aromatic rings. The molecule has 0 fully saturated rings. The molecule has 0 atom stereocenters. The summed E-state index contributed by atoms with van der Waals surface area (Å²) in [6.45, 7) is 4.14. The molecule has 17 heavy (non-hydrogen) atoms. The molecular weight excluding hydrogens is 242 g/mol.